The maximum atomic E-state index is 12.3. The zero-order valence-corrected chi connectivity index (χ0v) is 12.9. The number of halogens is 1. The number of rotatable bonds is 3. The van der Waals surface area contributed by atoms with Crippen LogP contribution in [0.4, 0.5) is 5.00 Å². The van der Waals surface area contributed by atoms with Crippen molar-refractivity contribution < 1.29 is 4.79 Å². The summed E-state index contributed by atoms with van der Waals surface area (Å²) >= 11 is 7.31. The summed E-state index contributed by atoms with van der Waals surface area (Å²) in [4.78, 5) is 13.6. The Morgan fingerprint density at radius 2 is 2.29 bits per heavy atom. The lowest BCUT2D eigenvalue weighted by Gasteiger charge is -2.05. The fourth-order valence-corrected chi connectivity index (χ4v) is 3.98. The Labute approximate surface area is 132 Å². The summed E-state index contributed by atoms with van der Waals surface area (Å²) in [6.07, 6.45) is 3.04. The molecule has 1 aromatic carbocycles. The monoisotopic (exact) mass is 316 g/mol. The largest absolute Gasteiger partial charge is 0.312 e. The molecule has 1 aliphatic rings. The van der Waals surface area contributed by atoms with Crippen molar-refractivity contribution >= 4 is 33.8 Å². The van der Waals surface area contributed by atoms with Crippen LogP contribution in [0.1, 0.15) is 38.3 Å². The normalized spacial score (nSPS) is 12.8. The number of nitrogens with zero attached hydrogens (tertiary/aromatic N) is 1. The van der Waals surface area contributed by atoms with Crippen LogP contribution < -0.4 is 5.32 Å². The number of fused-ring (bicyclic) bond motifs is 1. The number of nitrogens with one attached hydrogen (secondary N) is 1. The quantitative estimate of drug-likeness (QED) is 0.867. The maximum Gasteiger partial charge on any atom is 0.256 e. The fraction of sp³-hybridized carbons (Fsp3) is 0.250. The van der Waals surface area contributed by atoms with Crippen molar-refractivity contribution in [3.05, 3.63) is 51.4 Å². The van der Waals surface area contributed by atoms with Gasteiger partial charge in [0.05, 0.1) is 5.56 Å². The van der Waals surface area contributed by atoms with Crippen molar-refractivity contribution in [2.24, 2.45) is 0 Å². The molecule has 1 aliphatic carbocycles. The highest BCUT2D eigenvalue weighted by Crippen LogP contribution is 2.38. The highest BCUT2D eigenvalue weighted by Gasteiger charge is 2.23. The molecule has 0 aliphatic heterocycles. The number of hydrogen-bond donors (Lipinski definition) is 1. The molecule has 1 amide bonds. The molecule has 5 heteroatoms. The molecule has 1 N–H and O–H groups in total. The molecule has 0 saturated carbocycles. The number of nitriles is 1. The van der Waals surface area contributed by atoms with Crippen LogP contribution in [0.2, 0.25) is 0 Å². The highest BCUT2D eigenvalue weighted by molar-refractivity contribution is 7.16. The van der Waals surface area contributed by atoms with Gasteiger partial charge in [0.15, 0.2) is 0 Å². The summed E-state index contributed by atoms with van der Waals surface area (Å²) < 4.78 is 0. The molecule has 0 saturated heterocycles. The van der Waals surface area contributed by atoms with Gasteiger partial charge in [-0.1, -0.05) is 12.1 Å². The number of anilines is 1. The minimum absolute atomic E-state index is 0.196. The molecule has 0 radical (unpaired) electrons. The van der Waals surface area contributed by atoms with Crippen molar-refractivity contribution in [2.75, 3.05) is 5.32 Å². The summed E-state index contributed by atoms with van der Waals surface area (Å²) in [5.74, 6) is 0.177. The summed E-state index contributed by atoms with van der Waals surface area (Å²) in [6.45, 7) is 0. The van der Waals surface area contributed by atoms with E-state index in [0.29, 0.717) is 22.0 Å². The van der Waals surface area contributed by atoms with Gasteiger partial charge >= 0.3 is 0 Å². The predicted molar refractivity (Wildman–Crippen MR) is 85.0 cm³/mol. The van der Waals surface area contributed by atoms with Crippen LogP contribution in [0, 0.1) is 11.3 Å². The van der Waals surface area contributed by atoms with Gasteiger partial charge in [0.1, 0.15) is 11.1 Å². The van der Waals surface area contributed by atoms with Gasteiger partial charge in [-0.15, -0.1) is 22.9 Å². The van der Waals surface area contributed by atoms with E-state index in [1.807, 2.05) is 12.1 Å². The summed E-state index contributed by atoms with van der Waals surface area (Å²) in [6, 6.07) is 9.44. The first-order valence-corrected chi connectivity index (χ1v) is 8.09. The molecular weight excluding hydrogens is 304 g/mol. The summed E-state index contributed by atoms with van der Waals surface area (Å²) in [5, 5.41) is 12.9. The smallest absolute Gasteiger partial charge is 0.256 e. The second-order valence-corrected chi connectivity index (χ2v) is 6.33. The number of carbonyl (C=O) groups is 1. The highest BCUT2D eigenvalue weighted by atomic mass is 35.5. The first kappa shape index (κ1) is 14.1. The number of thiophene rings is 1. The first-order chi connectivity index (χ1) is 10.2. The van der Waals surface area contributed by atoms with Gasteiger partial charge in [0, 0.05) is 16.3 Å². The van der Waals surface area contributed by atoms with E-state index in [1.165, 1.54) is 16.2 Å². The van der Waals surface area contributed by atoms with E-state index < -0.39 is 0 Å². The van der Waals surface area contributed by atoms with Crippen LogP contribution in [0.25, 0.3) is 0 Å². The van der Waals surface area contributed by atoms with Gasteiger partial charge in [-0.25, -0.2) is 0 Å². The van der Waals surface area contributed by atoms with E-state index in [2.05, 4.69) is 11.4 Å². The van der Waals surface area contributed by atoms with E-state index in [0.717, 1.165) is 30.4 Å². The van der Waals surface area contributed by atoms with E-state index in [9.17, 15) is 10.1 Å². The van der Waals surface area contributed by atoms with Gasteiger partial charge in [-0.3, -0.25) is 4.79 Å². The molecule has 106 valence electrons. The number of aryl methyl sites for hydroxylation is 1. The van der Waals surface area contributed by atoms with Crippen LogP contribution in [-0.2, 0) is 18.7 Å². The Morgan fingerprint density at radius 3 is 3.05 bits per heavy atom. The second kappa shape index (κ2) is 5.88. The van der Waals surface area contributed by atoms with Crippen molar-refractivity contribution in [2.45, 2.75) is 25.1 Å². The van der Waals surface area contributed by atoms with Gasteiger partial charge < -0.3 is 5.32 Å². The minimum atomic E-state index is -0.196. The second-order valence-electron chi connectivity index (χ2n) is 4.96. The van der Waals surface area contributed by atoms with Crippen LogP contribution in [0.15, 0.2) is 24.3 Å². The molecule has 0 spiro atoms. The third kappa shape index (κ3) is 2.67. The Balaban J connectivity index is 1.87. The standard InChI is InChI=1S/C16H13ClN2OS/c17-8-10-3-1-4-11(7-10)15(20)19-16-13(9-18)12-5-2-6-14(12)21-16/h1,3-4,7H,2,5-6,8H2,(H,19,20). The number of benzene rings is 1. The van der Waals surface area contributed by atoms with E-state index in [-0.39, 0.29) is 5.91 Å². The third-order valence-electron chi connectivity index (χ3n) is 3.60. The molecule has 2 aromatic rings. The number of alkyl halides is 1. The van der Waals surface area contributed by atoms with Gasteiger partial charge in [-0.05, 0) is 42.5 Å². The molecule has 3 rings (SSSR count). The number of hydrogen-bond acceptors (Lipinski definition) is 3. The SMILES string of the molecule is N#Cc1c(NC(=O)c2cccc(CCl)c2)sc2c1CCC2. The molecule has 0 fully saturated rings. The Morgan fingerprint density at radius 1 is 1.43 bits per heavy atom. The summed E-state index contributed by atoms with van der Waals surface area (Å²) in [5.41, 5.74) is 3.21. The Kier molecular flexibility index (Phi) is 3.96. The molecule has 21 heavy (non-hydrogen) atoms. The van der Waals surface area contributed by atoms with E-state index >= 15 is 0 Å². The molecule has 0 bridgehead atoms. The molecule has 1 aromatic heterocycles. The van der Waals surface area contributed by atoms with Crippen LogP contribution in [0.5, 0.6) is 0 Å². The number of amides is 1. The molecule has 3 nitrogen and oxygen atoms in total. The van der Waals surface area contributed by atoms with Crippen LogP contribution in [-0.4, -0.2) is 5.91 Å². The molecule has 0 unspecified atom stereocenters. The van der Waals surface area contributed by atoms with Crippen molar-refractivity contribution in [1.82, 2.24) is 0 Å². The average molecular weight is 317 g/mol. The average Bonchev–Trinajstić information content (AvgIpc) is 3.07. The van der Waals surface area contributed by atoms with E-state index in [4.69, 9.17) is 11.6 Å². The lowest BCUT2D eigenvalue weighted by atomic mass is 10.1. The topological polar surface area (TPSA) is 52.9 Å². The maximum absolute atomic E-state index is 12.3. The molecular formula is C16H13ClN2OS. The minimum Gasteiger partial charge on any atom is -0.312 e. The first-order valence-electron chi connectivity index (χ1n) is 6.74. The third-order valence-corrected chi connectivity index (χ3v) is 5.12. The number of carbonyl (C=O) groups excluding carboxylic acids is 1. The van der Waals surface area contributed by atoms with Crippen LogP contribution in [0.3, 0.4) is 0 Å². The zero-order valence-electron chi connectivity index (χ0n) is 11.3. The predicted octanol–water partition coefficient (Wildman–Crippen LogP) is 4.10. The van der Waals surface area contributed by atoms with Gasteiger partial charge in [0.25, 0.3) is 5.91 Å². The lowest BCUT2D eigenvalue weighted by Crippen LogP contribution is -2.12. The Hall–Kier alpha value is -1.83. The van der Waals surface area contributed by atoms with Crippen molar-refractivity contribution in [3.63, 3.8) is 0 Å². The lowest BCUT2D eigenvalue weighted by molar-refractivity contribution is 0.102. The molecule has 1 heterocycles. The summed E-state index contributed by atoms with van der Waals surface area (Å²) in [7, 11) is 0. The van der Waals surface area contributed by atoms with Crippen molar-refractivity contribution in [3.8, 4) is 6.07 Å². The van der Waals surface area contributed by atoms with E-state index in [1.54, 1.807) is 12.1 Å². The Bertz CT molecular complexity index is 745. The van der Waals surface area contributed by atoms with Crippen molar-refractivity contribution in [1.29, 1.82) is 5.26 Å². The van der Waals surface area contributed by atoms with Gasteiger partial charge in [0.2, 0.25) is 0 Å². The van der Waals surface area contributed by atoms with Crippen LogP contribution >= 0.6 is 22.9 Å². The molecule has 0 atom stereocenters. The zero-order chi connectivity index (χ0) is 14.8. The fourth-order valence-electron chi connectivity index (χ4n) is 2.58. The van der Waals surface area contributed by atoms with Gasteiger partial charge in [-0.2, -0.15) is 5.26 Å².